The highest BCUT2D eigenvalue weighted by atomic mass is 16.5. The molecule has 0 aliphatic heterocycles. The third kappa shape index (κ3) is 4.15. The van der Waals surface area contributed by atoms with Crippen molar-refractivity contribution in [3.05, 3.63) is 35.9 Å². The number of methoxy groups -OCH3 is 1. The number of hydrogen-bond acceptors (Lipinski definition) is 4. The number of nitrogens with zero attached hydrogens (tertiary/aromatic N) is 1. The molecule has 1 aliphatic rings. The van der Waals surface area contributed by atoms with Crippen LogP contribution in [0.25, 0.3) is 0 Å². The Bertz CT molecular complexity index is 520. The lowest BCUT2D eigenvalue weighted by Crippen LogP contribution is -2.31. The van der Waals surface area contributed by atoms with Gasteiger partial charge in [0, 0.05) is 11.5 Å². The number of esters is 1. The first-order chi connectivity index (χ1) is 10.2. The summed E-state index contributed by atoms with van der Waals surface area (Å²) in [6.45, 7) is 0. The minimum absolute atomic E-state index is 0.0715. The molecule has 2 rings (SSSR count). The molecule has 0 radical (unpaired) electrons. The Morgan fingerprint density at radius 2 is 1.81 bits per heavy atom. The Hall–Kier alpha value is -2.17. The minimum Gasteiger partial charge on any atom is -0.464 e. The third-order valence-corrected chi connectivity index (χ3v) is 3.70. The van der Waals surface area contributed by atoms with E-state index < -0.39 is 5.97 Å². The smallest absolute Gasteiger partial charge is 0.354 e. The summed E-state index contributed by atoms with van der Waals surface area (Å²) in [4.78, 5) is 23.8. The lowest BCUT2D eigenvalue weighted by atomic mass is 9.86. The zero-order chi connectivity index (χ0) is 15.1. The molecular formula is C16H20N2O3. The first kappa shape index (κ1) is 15.2. The number of nitrogens with one attached hydrogen (secondary N) is 1. The van der Waals surface area contributed by atoms with E-state index in [1.54, 1.807) is 24.3 Å². The van der Waals surface area contributed by atoms with Crippen molar-refractivity contribution in [1.29, 1.82) is 0 Å². The Labute approximate surface area is 124 Å². The second-order valence-electron chi connectivity index (χ2n) is 5.13. The van der Waals surface area contributed by atoms with E-state index in [4.69, 9.17) is 4.74 Å². The quantitative estimate of drug-likeness (QED) is 0.526. The third-order valence-electron chi connectivity index (χ3n) is 3.70. The summed E-state index contributed by atoms with van der Waals surface area (Å²) < 4.78 is 4.78. The van der Waals surface area contributed by atoms with Crippen molar-refractivity contribution in [3.63, 3.8) is 0 Å². The van der Waals surface area contributed by atoms with Gasteiger partial charge in [-0.15, -0.1) is 0 Å². The van der Waals surface area contributed by atoms with E-state index in [-0.39, 0.29) is 11.8 Å². The van der Waals surface area contributed by atoms with Gasteiger partial charge in [0.25, 0.3) is 5.91 Å². The van der Waals surface area contributed by atoms with Gasteiger partial charge in [0.05, 0.1) is 7.11 Å². The molecule has 0 atom stereocenters. The van der Waals surface area contributed by atoms with Crippen molar-refractivity contribution in [1.82, 2.24) is 5.43 Å². The minimum atomic E-state index is -0.463. The van der Waals surface area contributed by atoms with Crippen LogP contribution < -0.4 is 5.43 Å². The van der Waals surface area contributed by atoms with Gasteiger partial charge >= 0.3 is 5.97 Å². The maximum atomic E-state index is 12.0. The van der Waals surface area contributed by atoms with Gasteiger partial charge in [-0.1, -0.05) is 37.5 Å². The highest BCUT2D eigenvalue weighted by Crippen LogP contribution is 2.25. The van der Waals surface area contributed by atoms with Crippen LogP contribution in [0.2, 0.25) is 0 Å². The number of carbonyl (C=O) groups excluding carboxylic acids is 2. The Balaban J connectivity index is 2.09. The van der Waals surface area contributed by atoms with Gasteiger partial charge in [0.2, 0.25) is 0 Å². The number of ether oxygens (including phenoxy) is 1. The summed E-state index contributed by atoms with van der Waals surface area (Å²) in [5.74, 6) is -0.717. The topological polar surface area (TPSA) is 67.8 Å². The first-order valence-corrected chi connectivity index (χ1v) is 7.23. The van der Waals surface area contributed by atoms with Gasteiger partial charge in [-0.05, 0) is 25.0 Å². The van der Waals surface area contributed by atoms with Crippen molar-refractivity contribution < 1.29 is 14.3 Å². The lowest BCUT2D eigenvalue weighted by Gasteiger charge is -2.21. The Morgan fingerprint density at radius 1 is 1.14 bits per heavy atom. The fraction of sp³-hybridized carbons (Fsp3) is 0.438. The zero-order valence-corrected chi connectivity index (χ0v) is 12.2. The Morgan fingerprint density at radius 3 is 2.43 bits per heavy atom. The van der Waals surface area contributed by atoms with Crippen LogP contribution in [0.15, 0.2) is 35.4 Å². The molecule has 112 valence electrons. The van der Waals surface area contributed by atoms with Gasteiger partial charge in [0.1, 0.15) is 5.71 Å². The predicted molar refractivity (Wildman–Crippen MR) is 79.9 cm³/mol. The van der Waals surface area contributed by atoms with E-state index in [1.165, 1.54) is 13.5 Å². The molecule has 1 aromatic carbocycles. The van der Waals surface area contributed by atoms with Crippen LogP contribution in [0.5, 0.6) is 0 Å². The molecule has 0 aromatic heterocycles. The van der Waals surface area contributed by atoms with Crippen LogP contribution in [-0.4, -0.2) is 24.7 Å². The van der Waals surface area contributed by atoms with Crippen molar-refractivity contribution in [2.24, 2.45) is 11.0 Å². The molecule has 0 heterocycles. The molecular weight excluding hydrogens is 268 g/mol. The maximum Gasteiger partial charge on any atom is 0.354 e. The number of benzene rings is 1. The fourth-order valence-corrected chi connectivity index (χ4v) is 2.55. The van der Waals surface area contributed by atoms with Gasteiger partial charge in [-0.2, -0.15) is 5.10 Å². The second-order valence-corrected chi connectivity index (χ2v) is 5.13. The van der Waals surface area contributed by atoms with E-state index in [2.05, 4.69) is 10.5 Å². The molecule has 0 saturated heterocycles. The van der Waals surface area contributed by atoms with Gasteiger partial charge < -0.3 is 4.74 Å². The zero-order valence-electron chi connectivity index (χ0n) is 12.2. The van der Waals surface area contributed by atoms with Crippen molar-refractivity contribution in [2.75, 3.05) is 7.11 Å². The van der Waals surface area contributed by atoms with Gasteiger partial charge in [-0.3, -0.25) is 4.79 Å². The molecule has 0 unspecified atom stereocenters. The molecule has 0 spiro atoms. The van der Waals surface area contributed by atoms with Crippen LogP contribution >= 0.6 is 0 Å². The first-order valence-electron chi connectivity index (χ1n) is 7.23. The summed E-state index contributed by atoms with van der Waals surface area (Å²) in [5.41, 5.74) is 3.29. The number of carbonyl (C=O) groups is 2. The van der Waals surface area contributed by atoms with E-state index in [1.807, 2.05) is 6.07 Å². The highest BCUT2D eigenvalue weighted by Gasteiger charge is 2.26. The summed E-state index contributed by atoms with van der Waals surface area (Å²) in [6.07, 6.45) is 5.16. The summed E-state index contributed by atoms with van der Waals surface area (Å²) in [5, 5.41) is 4.04. The van der Waals surface area contributed by atoms with Gasteiger partial charge in [0.15, 0.2) is 0 Å². The van der Waals surface area contributed by atoms with Crippen molar-refractivity contribution in [3.8, 4) is 0 Å². The number of hydrogen-bond donors (Lipinski definition) is 1. The average molecular weight is 288 g/mol. The van der Waals surface area contributed by atoms with Crippen LogP contribution in [-0.2, 0) is 9.53 Å². The number of amides is 1. The molecule has 5 heteroatoms. The highest BCUT2D eigenvalue weighted by molar-refractivity contribution is 6.37. The van der Waals surface area contributed by atoms with Crippen molar-refractivity contribution >= 4 is 17.6 Å². The SMILES string of the molecule is COC(=O)/C(=N\NC(=O)c1ccccc1)C1CCCCC1. The monoisotopic (exact) mass is 288 g/mol. The van der Waals surface area contributed by atoms with Crippen LogP contribution in [0.1, 0.15) is 42.5 Å². The van der Waals surface area contributed by atoms with E-state index >= 15 is 0 Å². The summed E-state index contributed by atoms with van der Waals surface area (Å²) in [6, 6.07) is 8.79. The summed E-state index contributed by atoms with van der Waals surface area (Å²) >= 11 is 0. The van der Waals surface area contributed by atoms with Crippen LogP contribution in [0.4, 0.5) is 0 Å². The summed E-state index contributed by atoms with van der Waals surface area (Å²) in [7, 11) is 1.33. The lowest BCUT2D eigenvalue weighted by molar-refractivity contribution is -0.133. The predicted octanol–water partition coefficient (Wildman–Crippen LogP) is 2.53. The average Bonchev–Trinajstić information content (AvgIpc) is 2.56. The Kier molecular flexibility index (Phi) is 5.49. The maximum absolute atomic E-state index is 12.0. The standard InChI is InChI=1S/C16H20N2O3/c1-21-16(20)14(12-8-4-2-5-9-12)17-18-15(19)13-10-6-3-7-11-13/h3,6-7,10-12H,2,4-5,8-9H2,1H3,(H,18,19)/b17-14-. The molecule has 1 fully saturated rings. The van der Waals surface area contributed by atoms with E-state index in [0.717, 1.165) is 25.7 Å². The molecule has 1 N–H and O–H groups in total. The number of hydrazone groups is 1. The number of rotatable bonds is 4. The molecule has 0 bridgehead atoms. The molecule has 1 amide bonds. The van der Waals surface area contributed by atoms with Crippen LogP contribution in [0.3, 0.4) is 0 Å². The second kappa shape index (κ2) is 7.57. The molecule has 1 saturated carbocycles. The fourth-order valence-electron chi connectivity index (χ4n) is 2.55. The normalized spacial score (nSPS) is 16.3. The molecule has 5 nitrogen and oxygen atoms in total. The van der Waals surface area contributed by atoms with Crippen LogP contribution in [0, 0.1) is 5.92 Å². The molecule has 1 aliphatic carbocycles. The van der Waals surface area contributed by atoms with E-state index in [0.29, 0.717) is 11.3 Å². The van der Waals surface area contributed by atoms with Gasteiger partial charge in [-0.25, -0.2) is 10.2 Å². The van der Waals surface area contributed by atoms with E-state index in [9.17, 15) is 9.59 Å². The molecule has 21 heavy (non-hydrogen) atoms. The largest absolute Gasteiger partial charge is 0.464 e. The van der Waals surface area contributed by atoms with Crippen molar-refractivity contribution in [2.45, 2.75) is 32.1 Å². The molecule has 1 aromatic rings.